The van der Waals surface area contributed by atoms with Crippen molar-refractivity contribution in [3.8, 4) is 0 Å². The van der Waals surface area contributed by atoms with Gasteiger partial charge in [0, 0.05) is 26.2 Å². The van der Waals surface area contributed by atoms with Gasteiger partial charge >= 0.3 is 5.97 Å². The summed E-state index contributed by atoms with van der Waals surface area (Å²) >= 11 is 0. The number of aliphatic hydroxyl groups excluding tert-OH is 1. The summed E-state index contributed by atoms with van der Waals surface area (Å²) in [7, 11) is 0. The first kappa shape index (κ1) is 24.7. The smallest absolute Gasteiger partial charge is 0.313 e. The number of amides is 2. The molecule has 5 atom stereocenters. The van der Waals surface area contributed by atoms with E-state index in [0.717, 1.165) is 12.0 Å². The average Bonchev–Trinajstić information content (AvgIpc) is 3.16. The van der Waals surface area contributed by atoms with Crippen LogP contribution in [0.25, 0.3) is 0 Å². The van der Waals surface area contributed by atoms with Gasteiger partial charge in [-0.3, -0.25) is 14.4 Å². The molecule has 2 saturated heterocycles. The van der Waals surface area contributed by atoms with Crippen LogP contribution < -0.4 is 0 Å². The Balaban J connectivity index is 1.56. The number of cyclic esters (lactones) is 1. The molecule has 0 saturated carbocycles. The standard InChI is InChI=1S/C28H34N2O6/c1-2-27-13-10-18-35-26(34)22(27)21-24(32)30(16-7-4-8-17-31)23-25(33)29(15-9-14-28(21,23)36-27)19-20-11-5-3-6-12-20/h3,5-6,9-14,21-23,31H,2,4,7-8,15-19H2,1H3/t21-,22-,23?,27+,28-/m0/s1. The van der Waals surface area contributed by atoms with Crippen LogP contribution in [0.2, 0.25) is 0 Å². The fraction of sp³-hybridized carbons (Fsp3) is 0.536. The van der Waals surface area contributed by atoms with E-state index in [4.69, 9.17) is 9.47 Å². The highest BCUT2D eigenvalue weighted by Gasteiger charge is 2.75. The molecule has 0 bridgehead atoms. The number of hydrogen-bond acceptors (Lipinski definition) is 6. The minimum atomic E-state index is -1.25. The summed E-state index contributed by atoms with van der Waals surface area (Å²) in [6.07, 6.45) is 9.89. The number of benzene rings is 1. The van der Waals surface area contributed by atoms with E-state index in [9.17, 15) is 19.5 Å². The Morgan fingerprint density at radius 1 is 1.00 bits per heavy atom. The zero-order chi connectivity index (χ0) is 25.3. The van der Waals surface area contributed by atoms with Crippen LogP contribution in [0.1, 0.15) is 38.2 Å². The highest BCUT2D eigenvalue weighted by molar-refractivity contribution is 5.99. The normalized spacial score (nSPS) is 33.2. The lowest BCUT2D eigenvalue weighted by Crippen LogP contribution is -2.56. The molecular weight excluding hydrogens is 460 g/mol. The Morgan fingerprint density at radius 2 is 1.81 bits per heavy atom. The predicted octanol–water partition coefficient (Wildman–Crippen LogP) is 2.22. The van der Waals surface area contributed by atoms with Crippen molar-refractivity contribution in [1.29, 1.82) is 0 Å². The second-order valence-corrected chi connectivity index (χ2v) is 10.1. The van der Waals surface area contributed by atoms with Crippen molar-refractivity contribution in [3.63, 3.8) is 0 Å². The molecule has 2 amide bonds. The van der Waals surface area contributed by atoms with Crippen molar-refractivity contribution in [1.82, 2.24) is 9.80 Å². The van der Waals surface area contributed by atoms with Gasteiger partial charge in [0.15, 0.2) is 0 Å². The van der Waals surface area contributed by atoms with E-state index in [2.05, 4.69) is 0 Å². The summed E-state index contributed by atoms with van der Waals surface area (Å²) in [6.45, 7) is 3.32. The molecule has 8 heteroatoms. The third-order valence-corrected chi connectivity index (χ3v) is 8.05. The molecule has 4 aliphatic heterocycles. The molecule has 5 rings (SSSR count). The van der Waals surface area contributed by atoms with E-state index in [1.807, 2.05) is 55.5 Å². The Kier molecular flexibility index (Phi) is 6.74. The van der Waals surface area contributed by atoms with E-state index in [1.54, 1.807) is 15.9 Å². The van der Waals surface area contributed by atoms with Crippen molar-refractivity contribution in [2.75, 3.05) is 26.3 Å². The Bertz CT molecular complexity index is 1070. The molecule has 0 radical (unpaired) electrons. The Hall–Kier alpha value is -2.97. The predicted molar refractivity (Wildman–Crippen MR) is 131 cm³/mol. The molecule has 1 unspecified atom stereocenters. The second-order valence-electron chi connectivity index (χ2n) is 10.1. The van der Waals surface area contributed by atoms with Crippen molar-refractivity contribution >= 4 is 17.8 Å². The van der Waals surface area contributed by atoms with E-state index in [-0.39, 0.29) is 25.0 Å². The lowest BCUT2D eigenvalue weighted by atomic mass is 9.73. The molecule has 36 heavy (non-hydrogen) atoms. The van der Waals surface area contributed by atoms with Crippen LogP contribution >= 0.6 is 0 Å². The summed E-state index contributed by atoms with van der Waals surface area (Å²) in [4.78, 5) is 44.9. The van der Waals surface area contributed by atoms with E-state index in [1.165, 1.54) is 0 Å². The lowest BCUT2D eigenvalue weighted by molar-refractivity contribution is -0.159. The summed E-state index contributed by atoms with van der Waals surface area (Å²) in [5.41, 5.74) is -1.26. The SMILES string of the molecule is CC[C@@]12C=CCOC(=O)[C@@H]1[C@H]1C(=O)N(CCCCCO)C3C(=O)N(Cc4ccccc4)CC=C[C@@]31O2. The second kappa shape index (κ2) is 9.82. The Labute approximate surface area is 211 Å². The van der Waals surface area contributed by atoms with Gasteiger partial charge in [-0.05, 0) is 37.3 Å². The fourth-order valence-corrected chi connectivity index (χ4v) is 6.40. The molecular formula is C28H34N2O6. The first-order valence-corrected chi connectivity index (χ1v) is 12.9. The van der Waals surface area contributed by atoms with Crippen LogP contribution in [-0.4, -0.2) is 76.2 Å². The van der Waals surface area contributed by atoms with Gasteiger partial charge in [0.05, 0.1) is 5.92 Å². The van der Waals surface area contributed by atoms with Crippen molar-refractivity contribution < 1.29 is 29.0 Å². The number of nitrogens with zero attached hydrogens (tertiary/aromatic N) is 2. The number of ether oxygens (including phenoxy) is 2. The summed E-state index contributed by atoms with van der Waals surface area (Å²) in [5.74, 6) is -2.54. The minimum Gasteiger partial charge on any atom is -0.461 e. The fourth-order valence-electron chi connectivity index (χ4n) is 6.40. The first-order chi connectivity index (χ1) is 17.5. The number of hydrogen-bond donors (Lipinski definition) is 1. The number of unbranched alkanes of at least 4 members (excludes halogenated alkanes) is 2. The minimum absolute atomic E-state index is 0.0822. The molecule has 4 aliphatic rings. The van der Waals surface area contributed by atoms with Crippen LogP contribution in [0.4, 0.5) is 0 Å². The van der Waals surface area contributed by atoms with Gasteiger partial charge in [0.2, 0.25) is 11.8 Å². The van der Waals surface area contributed by atoms with E-state index < -0.39 is 35.0 Å². The van der Waals surface area contributed by atoms with Gasteiger partial charge in [0.1, 0.15) is 29.8 Å². The number of rotatable bonds is 8. The number of aliphatic hydroxyl groups is 1. The Morgan fingerprint density at radius 3 is 2.56 bits per heavy atom. The van der Waals surface area contributed by atoms with Gasteiger partial charge in [-0.2, -0.15) is 0 Å². The number of fused-ring (bicyclic) bond motifs is 2. The molecule has 0 aliphatic carbocycles. The van der Waals surface area contributed by atoms with Crippen molar-refractivity contribution in [3.05, 3.63) is 60.2 Å². The number of carbonyl (C=O) groups excluding carboxylic acids is 3. The monoisotopic (exact) mass is 494 g/mol. The molecule has 0 aromatic heterocycles. The first-order valence-electron chi connectivity index (χ1n) is 12.9. The third kappa shape index (κ3) is 3.87. The molecule has 1 aromatic rings. The number of likely N-dealkylation sites (tertiary alicyclic amines) is 1. The van der Waals surface area contributed by atoms with Gasteiger partial charge in [-0.25, -0.2) is 0 Å². The summed E-state index contributed by atoms with van der Waals surface area (Å²) < 4.78 is 12.3. The van der Waals surface area contributed by atoms with Crippen molar-refractivity contribution in [2.45, 2.75) is 56.4 Å². The van der Waals surface area contributed by atoms with Crippen LogP contribution in [0.15, 0.2) is 54.6 Å². The maximum Gasteiger partial charge on any atom is 0.313 e. The zero-order valence-corrected chi connectivity index (χ0v) is 20.7. The van der Waals surface area contributed by atoms with Crippen LogP contribution in [0.5, 0.6) is 0 Å². The van der Waals surface area contributed by atoms with Crippen molar-refractivity contribution in [2.24, 2.45) is 11.8 Å². The summed E-state index contributed by atoms with van der Waals surface area (Å²) in [5, 5.41) is 9.19. The molecule has 1 spiro atoms. The number of esters is 1. The van der Waals surface area contributed by atoms with Gasteiger partial charge in [-0.1, -0.05) is 55.5 Å². The highest BCUT2D eigenvalue weighted by Crippen LogP contribution is 2.58. The van der Waals surface area contributed by atoms with Crippen LogP contribution in [-0.2, 0) is 30.4 Å². The van der Waals surface area contributed by atoms with Crippen LogP contribution in [0.3, 0.4) is 0 Å². The quantitative estimate of drug-likeness (QED) is 0.338. The van der Waals surface area contributed by atoms with Gasteiger partial charge in [-0.15, -0.1) is 0 Å². The largest absolute Gasteiger partial charge is 0.461 e. The highest BCUT2D eigenvalue weighted by atomic mass is 16.6. The lowest BCUT2D eigenvalue weighted by Gasteiger charge is -2.38. The van der Waals surface area contributed by atoms with E-state index in [0.29, 0.717) is 38.9 Å². The zero-order valence-electron chi connectivity index (χ0n) is 20.7. The summed E-state index contributed by atoms with van der Waals surface area (Å²) in [6, 6.07) is 8.89. The van der Waals surface area contributed by atoms with E-state index >= 15 is 0 Å². The molecule has 2 fully saturated rings. The third-order valence-electron chi connectivity index (χ3n) is 8.05. The molecule has 1 aromatic carbocycles. The topological polar surface area (TPSA) is 96.4 Å². The average molecular weight is 495 g/mol. The molecule has 8 nitrogen and oxygen atoms in total. The maximum absolute atomic E-state index is 14.2. The molecule has 192 valence electrons. The van der Waals surface area contributed by atoms with Crippen LogP contribution in [0, 0.1) is 11.8 Å². The van der Waals surface area contributed by atoms with Gasteiger partial charge < -0.3 is 24.4 Å². The molecule has 4 heterocycles. The van der Waals surface area contributed by atoms with Gasteiger partial charge in [0.25, 0.3) is 0 Å². The maximum atomic E-state index is 14.2. The molecule has 1 N–H and O–H groups in total. The number of carbonyl (C=O) groups is 3.